The lowest BCUT2D eigenvalue weighted by atomic mass is 9.74. The summed E-state index contributed by atoms with van der Waals surface area (Å²) in [5.74, 6) is -1.33. The summed E-state index contributed by atoms with van der Waals surface area (Å²) >= 11 is 0. The van der Waals surface area contributed by atoms with Crippen molar-refractivity contribution in [3.8, 4) is 0 Å². The molecule has 1 saturated carbocycles. The highest BCUT2D eigenvalue weighted by Gasteiger charge is 2.40. The summed E-state index contributed by atoms with van der Waals surface area (Å²) in [6.45, 7) is 0. The maximum atomic E-state index is 12.2. The van der Waals surface area contributed by atoms with E-state index in [0.717, 1.165) is 17.7 Å². The van der Waals surface area contributed by atoms with Crippen molar-refractivity contribution in [3.63, 3.8) is 0 Å². The number of hydrogen-bond donors (Lipinski definition) is 3. The Bertz CT molecular complexity index is 667. The Labute approximate surface area is 140 Å². The molecule has 1 aromatic rings. The monoisotopic (exact) mass is 330 g/mol. The largest absolute Gasteiger partial charge is 0.481 e. The van der Waals surface area contributed by atoms with Crippen molar-refractivity contribution in [1.82, 2.24) is 5.32 Å². The van der Waals surface area contributed by atoms with Crippen molar-refractivity contribution in [2.45, 2.75) is 50.5 Å². The van der Waals surface area contributed by atoms with Gasteiger partial charge in [0.05, 0.1) is 12.0 Å². The lowest BCUT2D eigenvalue weighted by Crippen LogP contribution is -2.54. The van der Waals surface area contributed by atoms with Crippen LogP contribution in [0.4, 0.5) is 5.69 Å². The maximum absolute atomic E-state index is 12.2. The summed E-state index contributed by atoms with van der Waals surface area (Å²) in [6, 6.07) is 7.68. The Balaban J connectivity index is 1.53. The van der Waals surface area contributed by atoms with E-state index in [9.17, 15) is 14.4 Å². The van der Waals surface area contributed by atoms with Gasteiger partial charge in [0, 0.05) is 18.0 Å². The molecule has 2 aliphatic rings. The number of nitrogens with one attached hydrogen (secondary N) is 2. The fourth-order valence-electron chi connectivity index (χ4n) is 3.55. The lowest BCUT2D eigenvalue weighted by Gasteiger charge is -2.41. The first kappa shape index (κ1) is 16.5. The van der Waals surface area contributed by atoms with Gasteiger partial charge in [0.25, 0.3) is 0 Å². The smallest absolute Gasteiger partial charge is 0.305 e. The van der Waals surface area contributed by atoms with Crippen LogP contribution in [0.15, 0.2) is 24.3 Å². The van der Waals surface area contributed by atoms with Crippen molar-refractivity contribution in [2.24, 2.45) is 5.92 Å². The fraction of sp³-hybridized carbons (Fsp3) is 0.500. The highest BCUT2D eigenvalue weighted by Crippen LogP contribution is 2.35. The first-order chi connectivity index (χ1) is 11.5. The molecule has 2 amide bonds. The molecule has 128 valence electrons. The lowest BCUT2D eigenvalue weighted by molar-refractivity contribution is -0.140. The van der Waals surface area contributed by atoms with Gasteiger partial charge in [0.1, 0.15) is 0 Å². The number of anilines is 1. The second kappa shape index (κ2) is 6.63. The molecule has 1 aromatic carbocycles. The number of carbonyl (C=O) groups excluding carboxylic acids is 2. The van der Waals surface area contributed by atoms with Crippen LogP contribution in [0.3, 0.4) is 0 Å². The van der Waals surface area contributed by atoms with E-state index in [1.165, 1.54) is 0 Å². The van der Waals surface area contributed by atoms with E-state index in [4.69, 9.17) is 5.11 Å². The maximum Gasteiger partial charge on any atom is 0.305 e. The van der Waals surface area contributed by atoms with Crippen LogP contribution in [0.2, 0.25) is 0 Å². The molecule has 1 aliphatic heterocycles. The van der Waals surface area contributed by atoms with Crippen molar-refractivity contribution < 1.29 is 19.5 Å². The number of benzene rings is 1. The highest BCUT2D eigenvalue weighted by molar-refractivity contribution is 5.96. The molecule has 1 atom stereocenters. The minimum atomic E-state index is -0.890. The zero-order valence-corrected chi connectivity index (χ0v) is 13.5. The third-order valence-corrected chi connectivity index (χ3v) is 5.04. The number of carbonyl (C=O) groups is 3. The molecular formula is C18H22N2O4. The van der Waals surface area contributed by atoms with E-state index < -0.39 is 11.5 Å². The standard InChI is InChI=1S/C18H22N2O4/c21-15(20-18(8-3-9-18)11-16(22)23)7-6-13-10-12-4-1-2-5-14(12)19-17(13)24/h1-2,4-5,13H,3,6-11H2,(H,19,24)(H,20,21)(H,22,23). The molecule has 1 fully saturated rings. The van der Waals surface area contributed by atoms with Gasteiger partial charge in [-0.1, -0.05) is 18.2 Å². The Morgan fingerprint density at radius 2 is 2.04 bits per heavy atom. The molecule has 1 aliphatic carbocycles. The highest BCUT2D eigenvalue weighted by atomic mass is 16.4. The molecule has 24 heavy (non-hydrogen) atoms. The molecule has 0 aromatic heterocycles. The van der Waals surface area contributed by atoms with Crippen LogP contribution in [0.1, 0.15) is 44.1 Å². The first-order valence-corrected chi connectivity index (χ1v) is 8.39. The van der Waals surface area contributed by atoms with Crippen LogP contribution < -0.4 is 10.6 Å². The molecule has 0 bridgehead atoms. The molecule has 0 spiro atoms. The van der Waals surface area contributed by atoms with E-state index in [-0.39, 0.29) is 30.6 Å². The quantitative estimate of drug-likeness (QED) is 0.744. The topological polar surface area (TPSA) is 95.5 Å². The molecule has 6 heteroatoms. The van der Waals surface area contributed by atoms with Gasteiger partial charge in [-0.15, -0.1) is 0 Å². The summed E-state index contributed by atoms with van der Waals surface area (Å²) in [5, 5.41) is 14.7. The van der Waals surface area contributed by atoms with Crippen LogP contribution in [0.5, 0.6) is 0 Å². The third-order valence-electron chi connectivity index (χ3n) is 5.04. The van der Waals surface area contributed by atoms with Crippen LogP contribution in [0, 0.1) is 5.92 Å². The van der Waals surface area contributed by atoms with Gasteiger partial charge < -0.3 is 15.7 Å². The number of rotatable bonds is 6. The van der Waals surface area contributed by atoms with Crippen molar-refractivity contribution in [1.29, 1.82) is 0 Å². The Morgan fingerprint density at radius 3 is 2.71 bits per heavy atom. The number of carboxylic acids is 1. The second-order valence-electron chi connectivity index (χ2n) is 6.84. The van der Waals surface area contributed by atoms with Crippen molar-refractivity contribution in [3.05, 3.63) is 29.8 Å². The van der Waals surface area contributed by atoms with Crippen molar-refractivity contribution in [2.75, 3.05) is 5.32 Å². The van der Waals surface area contributed by atoms with Gasteiger partial charge >= 0.3 is 5.97 Å². The number of amides is 2. The molecule has 6 nitrogen and oxygen atoms in total. The molecule has 1 heterocycles. The van der Waals surface area contributed by atoms with Gasteiger partial charge in [0.2, 0.25) is 11.8 Å². The number of fused-ring (bicyclic) bond motifs is 1. The van der Waals surface area contributed by atoms with E-state index in [0.29, 0.717) is 25.7 Å². The number of hydrogen-bond acceptors (Lipinski definition) is 3. The average Bonchev–Trinajstić information content (AvgIpc) is 2.50. The van der Waals surface area contributed by atoms with Crippen LogP contribution in [-0.2, 0) is 20.8 Å². The summed E-state index contributed by atoms with van der Waals surface area (Å²) in [4.78, 5) is 35.3. The average molecular weight is 330 g/mol. The zero-order valence-electron chi connectivity index (χ0n) is 13.5. The van der Waals surface area contributed by atoms with E-state index in [1.54, 1.807) is 0 Å². The normalized spacial score (nSPS) is 21.2. The van der Waals surface area contributed by atoms with Crippen LogP contribution in [0.25, 0.3) is 0 Å². The van der Waals surface area contributed by atoms with Crippen LogP contribution >= 0.6 is 0 Å². The summed E-state index contributed by atoms with van der Waals surface area (Å²) < 4.78 is 0. The minimum absolute atomic E-state index is 0.0317. The van der Waals surface area contributed by atoms with Gasteiger partial charge in [0.15, 0.2) is 0 Å². The van der Waals surface area contributed by atoms with E-state index in [2.05, 4.69) is 10.6 Å². The number of para-hydroxylation sites is 1. The van der Waals surface area contributed by atoms with Gasteiger partial charge in [-0.05, 0) is 43.7 Å². The van der Waals surface area contributed by atoms with E-state index >= 15 is 0 Å². The summed E-state index contributed by atoms with van der Waals surface area (Å²) in [7, 11) is 0. The van der Waals surface area contributed by atoms with Gasteiger partial charge in [-0.3, -0.25) is 14.4 Å². The zero-order chi connectivity index (χ0) is 17.2. The second-order valence-corrected chi connectivity index (χ2v) is 6.84. The van der Waals surface area contributed by atoms with Gasteiger partial charge in [-0.25, -0.2) is 0 Å². The van der Waals surface area contributed by atoms with Crippen LogP contribution in [-0.4, -0.2) is 28.4 Å². The SMILES string of the molecule is O=C(O)CC1(NC(=O)CCC2Cc3ccccc3NC2=O)CCC1. The first-order valence-electron chi connectivity index (χ1n) is 8.39. The molecule has 0 radical (unpaired) electrons. The molecule has 1 unspecified atom stereocenters. The molecule has 3 N–H and O–H groups in total. The van der Waals surface area contributed by atoms with Crippen molar-refractivity contribution >= 4 is 23.5 Å². The summed E-state index contributed by atoms with van der Waals surface area (Å²) in [5.41, 5.74) is 1.35. The summed E-state index contributed by atoms with van der Waals surface area (Å²) in [6.07, 6.45) is 3.67. The molecular weight excluding hydrogens is 308 g/mol. The molecule has 0 saturated heterocycles. The predicted molar refractivity (Wildman–Crippen MR) is 88.5 cm³/mol. The van der Waals surface area contributed by atoms with E-state index in [1.807, 2.05) is 24.3 Å². The molecule has 3 rings (SSSR count). The van der Waals surface area contributed by atoms with Gasteiger partial charge in [-0.2, -0.15) is 0 Å². The predicted octanol–water partition coefficient (Wildman–Crippen LogP) is 2.09. The number of carboxylic acid groups (broad SMARTS) is 1. The Kier molecular flexibility index (Phi) is 4.55. The minimum Gasteiger partial charge on any atom is -0.481 e. The number of aliphatic carboxylic acids is 1. The third kappa shape index (κ3) is 3.58. The Hall–Kier alpha value is -2.37. The fourth-order valence-corrected chi connectivity index (χ4v) is 3.55. The Morgan fingerprint density at radius 1 is 1.29 bits per heavy atom.